The molecular formula is C10H9N3O2. The number of hydrogen-bond acceptors (Lipinski definition) is 3. The molecule has 0 saturated carbocycles. The number of hydrogen-bond donors (Lipinski definition) is 2. The van der Waals surface area contributed by atoms with Gasteiger partial charge in [0, 0.05) is 6.42 Å². The lowest BCUT2D eigenvalue weighted by atomic mass is 10.1. The summed E-state index contributed by atoms with van der Waals surface area (Å²) in [6.45, 7) is 0. The van der Waals surface area contributed by atoms with Crippen molar-refractivity contribution in [2.24, 2.45) is 10.7 Å². The lowest BCUT2D eigenvalue weighted by molar-refractivity contribution is 0.0697. The second kappa shape index (κ2) is 4.77. The fourth-order valence-electron chi connectivity index (χ4n) is 1.13. The number of benzene rings is 1. The summed E-state index contributed by atoms with van der Waals surface area (Å²) in [7, 11) is 0. The molecule has 3 N–H and O–H groups in total. The molecule has 0 aliphatic carbocycles. The van der Waals surface area contributed by atoms with Crippen LogP contribution < -0.4 is 5.73 Å². The lowest BCUT2D eigenvalue weighted by Crippen LogP contribution is -2.14. The normalized spacial score (nSPS) is 10.7. The van der Waals surface area contributed by atoms with Crippen molar-refractivity contribution in [3.63, 3.8) is 0 Å². The van der Waals surface area contributed by atoms with Crippen molar-refractivity contribution in [2.45, 2.75) is 6.42 Å². The third-order valence-corrected chi connectivity index (χ3v) is 1.75. The summed E-state index contributed by atoms with van der Waals surface area (Å²) in [5, 5.41) is 17.0. The van der Waals surface area contributed by atoms with Gasteiger partial charge in [0.05, 0.1) is 5.56 Å². The van der Waals surface area contributed by atoms with E-state index in [1.54, 1.807) is 18.3 Å². The standard InChI is InChI=1S/C10H9N3O2/c11-6-13-9(12)5-7-2-1-3-8(4-7)10(14)15/h1-4H,5H2,(H2,12,13)(H,14,15). The van der Waals surface area contributed by atoms with Gasteiger partial charge in [0.15, 0.2) is 0 Å². The molecule has 5 nitrogen and oxygen atoms in total. The highest BCUT2D eigenvalue weighted by atomic mass is 16.4. The van der Waals surface area contributed by atoms with Crippen molar-refractivity contribution in [1.82, 2.24) is 0 Å². The second-order valence-corrected chi connectivity index (χ2v) is 2.89. The first-order valence-corrected chi connectivity index (χ1v) is 4.17. The van der Waals surface area contributed by atoms with Gasteiger partial charge < -0.3 is 10.8 Å². The Bertz CT molecular complexity index is 446. The molecule has 0 saturated heterocycles. The first-order valence-electron chi connectivity index (χ1n) is 4.17. The molecule has 0 aliphatic rings. The molecule has 76 valence electrons. The molecule has 5 heteroatoms. The highest BCUT2D eigenvalue weighted by Gasteiger charge is 2.03. The third kappa shape index (κ3) is 3.12. The number of amidine groups is 1. The minimum absolute atomic E-state index is 0.167. The minimum Gasteiger partial charge on any atom is -0.478 e. The minimum atomic E-state index is -0.993. The predicted octanol–water partition coefficient (Wildman–Crippen LogP) is 0.766. The topological polar surface area (TPSA) is 99.5 Å². The van der Waals surface area contributed by atoms with E-state index in [2.05, 4.69) is 4.99 Å². The number of carbonyl (C=O) groups is 1. The number of nitrogens with zero attached hydrogens (tertiary/aromatic N) is 2. The van der Waals surface area contributed by atoms with Crippen LogP contribution in [-0.4, -0.2) is 16.9 Å². The van der Waals surface area contributed by atoms with Crippen molar-refractivity contribution in [2.75, 3.05) is 0 Å². The van der Waals surface area contributed by atoms with Gasteiger partial charge >= 0.3 is 5.97 Å². The molecule has 0 atom stereocenters. The molecule has 1 aromatic carbocycles. The number of nitrogens with two attached hydrogens (primary N) is 1. The average molecular weight is 203 g/mol. The molecule has 0 amide bonds. The molecule has 0 aromatic heterocycles. The van der Waals surface area contributed by atoms with Crippen LogP contribution >= 0.6 is 0 Å². The number of carboxylic acids is 1. The smallest absolute Gasteiger partial charge is 0.335 e. The van der Waals surface area contributed by atoms with Gasteiger partial charge in [-0.15, -0.1) is 0 Å². The van der Waals surface area contributed by atoms with E-state index < -0.39 is 5.97 Å². The first kappa shape index (κ1) is 10.7. The van der Waals surface area contributed by atoms with Gasteiger partial charge in [0.1, 0.15) is 5.84 Å². The summed E-state index contributed by atoms with van der Waals surface area (Å²) in [6, 6.07) is 6.34. The van der Waals surface area contributed by atoms with Crippen LogP contribution in [0.4, 0.5) is 0 Å². The van der Waals surface area contributed by atoms with Crippen LogP contribution in [0.2, 0.25) is 0 Å². The van der Waals surface area contributed by atoms with Crippen molar-refractivity contribution in [1.29, 1.82) is 5.26 Å². The van der Waals surface area contributed by atoms with Gasteiger partial charge in [-0.1, -0.05) is 12.1 Å². The summed E-state index contributed by atoms with van der Waals surface area (Å²) in [6.07, 6.45) is 1.84. The first-order chi connectivity index (χ1) is 7.13. The molecule has 0 fully saturated rings. The van der Waals surface area contributed by atoms with Gasteiger partial charge in [-0.25, -0.2) is 4.79 Å². The molecule has 0 unspecified atom stereocenters. The summed E-state index contributed by atoms with van der Waals surface area (Å²) in [5.41, 5.74) is 6.33. The second-order valence-electron chi connectivity index (χ2n) is 2.89. The molecule has 1 rings (SSSR count). The summed E-state index contributed by atoms with van der Waals surface area (Å²) < 4.78 is 0. The monoisotopic (exact) mass is 203 g/mol. The van der Waals surface area contributed by atoms with Crippen LogP contribution in [0, 0.1) is 11.5 Å². The van der Waals surface area contributed by atoms with Crippen LogP contribution in [0.3, 0.4) is 0 Å². The van der Waals surface area contributed by atoms with E-state index >= 15 is 0 Å². The summed E-state index contributed by atoms with van der Waals surface area (Å²) in [5.74, 6) is -0.826. The maximum absolute atomic E-state index is 10.7. The molecule has 0 radical (unpaired) electrons. The van der Waals surface area contributed by atoms with E-state index in [1.165, 1.54) is 12.1 Å². The van der Waals surface area contributed by atoms with Gasteiger partial charge in [-0.05, 0) is 17.7 Å². The van der Waals surface area contributed by atoms with Crippen molar-refractivity contribution < 1.29 is 9.90 Å². The maximum atomic E-state index is 10.7. The van der Waals surface area contributed by atoms with E-state index in [1.807, 2.05) is 0 Å². The van der Waals surface area contributed by atoms with Crippen molar-refractivity contribution in [3.8, 4) is 6.19 Å². The fourth-order valence-corrected chi connectivity index (χ4v) is 1.13. The predicted molar refractivity (Wildman–Crippen MR) is 54.3 cm³/mol. The van der Waals surface area contributed by atoms with E-state index in [0.717, 1.165) is 0 Å². The van der Waals surface area contributed by atoms with Crippen molar-refractivity contribution in [3.05, 3.63) is 35.4 Å². The van der Waals surface area contributed by atoms with Gasteiger partial charge in [-0.2, -0.15) is 10.3 Å². The van der Waals surface area contributed by atoms with E-state index in [4.69, 9.17) is 16.1 Å². The zero-order chi connectivity index (χ0) is 11.3. The Hall–Kier alpha value is -2.35. The molecule has 0 heterocycles. The Labute approximate surface area is 86.5 Å². The quantitative estimate of drug-likeness (QED) is 0.430. The SMILES string of the molecule is N#CN=C(N)Cc1cccc(C(=O)O)c1. The third-order valence-electron chi connectivity index (χ3n) is 1.75. The molecule has 0 spiro atoms. The maximum Gasteiger partial charge on any atom is 0.335 e. The molecule has 0 aliphatic heterocycles. The number of aliphatic imine (C=N–C) groups is 1. The average Bonchev–Trinajstić information content (AvgIpc) is 2.18. The molecule has 15 heavy (non-hydrogen) atoms. The highest BCUT2D eigenvalue weighted by molar-refractivity contribution is 5.88. The Balaban J connectivity index is 2.88. The van der Waals surface area contributed by atoms with Crippen LogP contribution in [0.15, 0.2) is 29.3 Å². The van der Waals surface area contributed by atoms with Crippen LogP contribution in [0.25, 0.3) is 0 Å². The largest absolute Gasteiger partial charge is 0.478 e. The van der Waals surface area contributed by atoms with Crippen molar-refractivity contribution >= 4 is 11.8 Å². The number of rotatable bonds is 3. The van der Waals surface area contributed by atoms with Crippen LogP contribution in [-0.2, 0) is 6.42 Å². The number of nitriles is 1. The van der Waals surface area contributed by atoms with E-state index in [0.29, 0.717) is 5.56 Å². The zero-order valence-electron chi connectivity index (χ0n) is 7.84. The highest BCUT2D eigenvalue weighted by Crippen LogP contribution is 2.06. The fraction of sp³-hybridized carbons (Fsp3) is 0.100. The Morgan fingerprint density at radius 1 is 1.60 bits per heavy atom. The molecule has 1 aromatic rings. The van der Waals surface area contributed by atoms with Gasteiger partial charge in [-0.3, -0.25) is 0 Å². The van der Waals surface area contributed by atoms with Crippen LogP contribution in [0.5, 0.6) is 0 Å². The van der Waals surface area contributed by atoms with Gasteiger partial charge in [0.2, 0.25) is 6.19 Å². The summed E-state index contributed by atoms with van der Waals surface area (Å²) in [4.78, 5) is 14.0. The van der Waals surface area contributed by atoms with Gasteiger partial charge in [0.25, 0.3) is 0 Å². The van der Waals surface area contributed by atoms with E-state index in [-0.39, 0.29) is 17.8 Å². The molecular weight excluding hydrogens is 194 g/mol. The summed E-state index contributed by atoms with van der Waals surface area (Å²) >= 11 is 0. The number of carboxylic acid groups (broad SMARTS) is 1. The Morgan fingerprint density at radius 2 is 2.33 bits per heavy atom. The Kier molecular flexibility index (Phi) is 3.41. The van der Waals surface area contributed by atoms with Crippen LogP contribution in [0.1, 0.15) is 15.9 Å². The van der Waals surface area contributed by atoms with E-state index in [9.17, 15) is 4.79 Å². The number of aromatic carboxylic acids is 1. The molecule has 0 bridgehead atoms. The zero-order valence-corrected chi connectivity index (χ0v) is 7.84. The lowest BCUT2D eigenvalue weighted by Gasteiger charge is -2.00. The Morgan fingerprint density at radius 3 is 2.93 bits per heavy atom.